The summed E-state index contributed by atoms with van der Waals surface area (Å²) in [6.45, 7) is 4.59. The molecule has 0 radical (unpaired) electrons. The van der Waals surface area contributed by atoms with Crippen molar-refractivity contribution in [3.05, 3.63) is 63.7 Å². The van der Waals surface area contributed by atoms with Crippen LogP contribution >= 0.6 is 0 Å². The summed E-state index contributed by atoms with van der Waals surface area (Å²) in [4.78, 5) is 5.68. The molecular weight excluding hydrogens is 515 g/mol. The van der Waals surface area contributed by atoms with Crippen molar-refractivity contribution in [3.63, 3.8) is 0 Å². The molecule has 10 heteroatoms. The molecule has 0 bridgehead atoms. The number of benzene rings is 2. The third kappa shape index (κ3) is 6.40. The number of rotatable bonds is 9. The molecule has 2 aliphatic carbocycles. The van der Waals surface area contributed by atoms with Crippen LogP contribution in [0.3, 0.4) is 0 Å². The molecule has 1 saturated carbocycles. The van der Waals surface area contributed by atoms with Gasteiger partial charge in [0.25, 0.3) is 5.95 Å². The maximum absolute atomic E-state index is 13.6. The van der Waals surface area contributed by atoms with Gasteiger partial charge in [-0.1, -0.05) is 30.4 Å². The normalized spacial score (nSPS) is 15.6. The van der Waals surface area contributed by atoms with Crippen LogP contribution in [0.15, 0.2) is 30.3 Å². The van der Waals surface area contributed by atoms with Crippen molar-refractivity contribution in [2.45, 2.75) is 77.6 Å². The van der Waals surface area contributed by atoms with Gasteiger partial charge in [0.2, 0.25) is 0 Å². The smallest absolute Gasteiger partial charge is 0.371 e. The average molecular weight is 552 g/mol. The molecule has 0 spiro atoms. The zero-order chi connectivity index (χ0) is 28.3. The molecule has 0 aliphatic heterocycles. The number of nitriles is 1. The Hall–Kier alpha value is -3.61. The van der Waals surface area contributed by atoms with Crippen LogP contribution in [0.1, 0.15) is 78.8 Å². The molecule has 2 aromatic carbocycles. The highest BCUT2D eigenvalue weighted by Gasteiger charge is 2.32. The van der Waals surface area contributed by atoms with Gasteiger partial charge in [-0.2, -0.15) is 23.2 Å². The molecule has 212 valence electrons. The lowest BCUT2D eigenvalue weighted by atomic mass is 9.88. The number of halogens is 3. The summed E-state index contributed by atoms with van der Waals surface area (Å²) in [5.41, 5.74) is 4.53. The second kappa shape index (κ2) is 11.9. The van der Waals surface area contributed by atoms with Crippen LogP contribution < -0.4 is 9.80 Å². The van der Waals surface area contributed by atoms with Gasteiger partial charge in [0, 0.05) is 31.9 Å². The number of alkyl halides is 3. The molecule has 7 nitrogen and oxygen atoms in total. The Bertz CT molecular complexity index is 1370. The van der Waals surface area contributed by atoms with E-state index in [1.807, 2.05) is 11.0 Å². The van der Waals surface area contributed by atoms with Gasteiger partial charge >= 0.3 is 6.18 Å². The first-order valence-electron chi connectivity index (χ1n) is 14.2. The van der Waals surface area contributed by atoms with E-state index in [9.17, 15) is 18.4 Å². The Morgan fingerprint density at radius 2 is 1.73 bits per heavy atom. The van der Waals surface area contributed by atoms with Crippen LogP contribution in [-0.4, -0.2) is 33.3 Å². The van der Waals surface area contributed by atoms with E-state index < -0.39 is 11.7 Å². The van der Waals surface area contributed by atoms with Crippen molar-refractivity contribution in [1.29, 1.82) is 5.26 Å². The quantitative estimate of drug-likeness (QED) is 0.315. The van der Waals surface area contributed by atoms with E-state index >= 15 is 0 Å². The van der Waals surface area contributed by atoms with Gasteiger partial charge in [0.1, 0.15) is 0 Å². The molecule has 1 heterocycles. The molecule has 0 saturated heterocycles. The van der Waals surface area contributed by atoms with Gasteiger partial charge in [0.05, 0.1) is 24.2 Å². The molecule has 0 amide bonds. The standard InChI is InChI=1S/C30H36F3N7/c1-3-39(18-21-8-5-4-6-9-21)28-16-25-11-7-10-24(25)15-26(28)20-40(29-35-37-38(2)36-29)19-23-12-22(17-34)13-27(14-23)30(31,32)33/h12-16,21H,3-11,18-20H2,1-2H3. The molecule has 0 N–H and O–H groups in total. The first kappa shape index (κ1) is 27.9. The number of tetrazole rings is 1. The van der Waals surface area contributed by atoms with Crippen LogP contribution in [0.25, 0.3) is 0 Å². The van der Waals surface area contributed by atoms with Gasteiger partial charge < -0.3 is 9.80 Å². The topological polar surface area (TPSA) is 73.9 Å². The van der Waals surface area contributed by atoms with Crippen molar-refractivity contribution in [3.8, 4) is 6.07 Å². The van der Waals surface area contributed by atoms with Crippen molar-refractivity contribution in [1.82, 2.24) is 20.2 Å². The van der Waals surface area contributed by atoms with Gasteiger partial charge in [-0.05, 0) is 96.7 Å². The lowest BCUT2D eigenvalue weighted by molar-refractivity contribution is -0.137. The molecule has 0 unspecified atom stereocenters. The molecule has 3 aromatic rings. The van der Waals surface area contributed by atoms with Crippen molar-refractivity contribution in [2.24, 2.45) is 13.0 Å². The number of anilines is 2. The fourth-order valence-electron chi connectivity index (χ4n) is 6.20. The molecule has 1 aromatic heterocycles. The van der Waals surface area contributed by atoms with E-state index in [0.29, 0.717) is 24.0 Å². The van der Waals surface area contributed by atoms with Crippen LogP contribution in [0, 0.1) is 17.2 Å². The molecule has 40 heavy (non-hydrogen) atoms. The predicted molar refractivity (Wildman–Crippen MR) is 148 cm³/mol. The highest BCUT2D eigenvalue weighted by Crippen LogP contribution is 2.35. The van der Waals surface area contributed by atoms with Gasteiger partial charge in [-0.15, -0.1) is 5.10 Å². The van der Waals surface area contributed by atoms with E-state index in [4.69, 9.17) is 0 Å². The van der Waals surface area contributed by atoms with Gasteiger partial charge in [0.15, 0.2) is 0 Å². The van der Waals surface area contributed by atoms with E-state index in [-0.39, 0.29) is 12.1 Å². The summed E-state index contributed by atoms with van der Waals surface area (Å²) in [5.74, 6) is 1.00. The lowest BCUT2D eigenvalue weighted by Crippen LogP contribution is -2.32. The maximum Gasteiger partial charge on any atom is 0.416 e. The van der Waals surface area contributed by atoms with E-state index in [0.717, 1.165) is 50.0 Å². The van der Waals surface area contributed by atoms with Gasteiger partial charge in [-0.25, -0.2) is 0 Å². The number of aromatic nitrogens is 4. The zero-order valence-corrected chi connectivity index (χ0v) is 23.2. The summed E-state index contributed by atoms with van der Waals surface area (Å²) in [7, 11) is 1.66. The zero-order valence-electron chi connectivity index (χ0n) is 23.2. The predicted octanol–water partition coefficient (Wildman–Crippen LogP) is 6.20. The monoisotopic (exact) mass is 551 g/mol. The molecular formula is C30H36F3N7. The highest BCUT2D eigenvalue weighted by molar-refractivity contribution is 5.60. The summed E-state index contributed by atoms with van der Waals surface area (Å²) >= 11 is 0. The third-order valence-electron chi connectivity index (χ3n) is 8.18. The SMILES string of the molecule is CCN(CC1CCCCC1)c1cc2c(cc1CN(Cc1cc(C#N)cc(C(F)(F)F)c1)c1nnn(C)n1)CCC2. The van der Waals surface area contributed by atoms with E-state index in [1.54, 1.807) is 7.05 Å². The molecule has 5 rings (SSSR count). The van der Waals surface area contributed by atoms with Gasteiger partial charge in [-0.3, -0.25) is 0 Å². The minimum atomic E-state index is -4.55. The van der Waals surface area contributed by atoms with Crippen molar-refractivity contribution < 1.29 is 13.2 Å². The number of nitrogens with zero attached hydrogens (tertiary/aromatic N) is 7. The fraction of sp³-hybridized carbons (Fsp3) is 0.533. The van der Waals surface area contributed by atoms with Crippen LogP contribution in [0.5, 0.6) is 0 Å². The first-order valence-corrected chi connectivity index (χ1v) is 14.2. The van der Waals surface area contributed by atoms with Crippen molar-refractivity contribution >= 4 is 11.6 Å². The largest absolute Gasteiger partial charge is 0.416 e. The molecule has 0 atom stereocenters. The number of hydrogen-bond donors (Lipinski definition) is 0. The molecule has 1 fully saturated rings. The Morgan fingerprint density at radius 3 is 2.38 bits per heavy atom. The van der Waals surface area contributed by atoms with Crippen LogP contribution in [0.4, 0.5) is 24.8 Å². The first-order chi connectivity index (χ1) is 19.2. The Balaban J connectivity index is 1.51. The number of fused-ring (bicyclic) bond motifs is 1. The minimum absolute atomic E-state index is 0.0280. The summed E-state index contributed by atoms with van der Waals surface area (Å²) < 4.78 is 40.9. The summed E-state index contributed by atoms with van der Waals surface area (Å²) in [6, 6.07) is 9.98. The van der Waals surface area contributed by atoms with Crippen LogP contribution in [0.2, 0.25) is 0 Å². The summed E-state index contributed by atoms with van der Waals surface area (Å²) in [5, 5.41) is 22.0. The van der Waals surface area contributed by atoms with Crippen LogP contribution in [-0.2, 0) is 39.2 Å². The average Bonchev–Trinajstić information content (AvgIpc) is 3.59. The summed E-state index contributed by atoms with van der Waals surface area (Å²) in [6.07, 6.45) is 5.07. The third-order valence-corrected chi connectivity index (χ3v) is 8.18. The molecule has 2 aliphatic rings. The second-order valence-electron chi connectivity index (χ2n) is 11.1. The number of aryl methyl sites for hydroxylation is 3. The Kier molecular flexibility index (Phi) is 8.29. The van der Waals surface area contributed by atoms with E-state index in [1.165, 1.54) is 59.8 Å². The fourth-order valence-corrected chi connectivity index (χ4v) is 6.20. The lowest BCUT2D eigenvalue weighted by Gasteiger charge is -2.33. The highest BCUT2D eigenvalue weighted by atomic mass is 19.4. The van der Waals surface area contributed by atoms with E-state index in [2.05, 4.69) is 39.4 Å². The second-order valence-corrected chi connectivity index (χ2v) is 11.1. The Morgan fingerprint density at radius 1 is 0.975 bits per heavy atom. The van der Waals surface area contributed by atoms with Crippen molar-refractivity contribution in [2.75, 3.05) is 22.9 Å². The maximum atomic E-state index is 13.6. The Labute approximate surface area is 233 Å². The number of hydrogen-bond acceptors (Lipinski definition) is 6. The minimum Gasteiger partial charge on any atom is -0.371 e.